The highest BCUT2D eigenvalue weighted by atomic mass is 16.5. The monoisotopic (exact) mass is 296 g/mol. The first-order chi connectivity index (χ1) is 9.77. The number of amides is 1. The summed E-state index contributed by atoms with van der Waals surface area (Å²) in [5, 5.41) is 11.5. The number of carbonyl (C=O) groups is 2. The molecule has 0 saturated carbocycles. The van der Waals surface area contributed by atoms with Crippen molar-refractivity contribution in [1.29, 1.82) is 0 Å². The van der Waals surface area contributed by atoms with Crippen molar-refractivity contribution < 1.29 is 23.8 Å². The highest BCUT2D eigenvalue weighted by molar-refractivity contribution is 5.82. The fraction of sp³-hybridized carbons (Fsp3) is 0.643. The third-order valence-electron chi connectivity index (χ3n) is 3.29. The first-order valence-electron chi connectivity index (χ1n) is 6.88. The van der Waals surface area contributed by atoms with Crippen LogP contribution >= 0.6 is 0 Å². The predicted molar refractivity (Wildman–Crippen MR) is 72.6 cm³/mol. The van der Waals surface area contributed by atoms with Gasteiger partial charge >= 0.3 is 5.97 Å². The Morgan fingerprint density at radius 2 is 2.05 bits per heavy atom. The third kappa shape index (κ3) is 3.81. The molecule has 1 aromatic rings. The normalized spacial score (nSPS) is 22.2. The van der Waals surface area contributed by atoms with E-state index in [1.54, 1.807) is 6.20 Å². The Morgan fingerprint density at radius 1 is 1.38 bits per heavy atom. The van der Waals surface area contributed by atoms with Gasteiger partial charge in [-0.3, -0.25) is 4.79 Å². The Balaban J connectivity index is 1.85. The molecule has 0 aliphatic carbocycles. The molecule has 7 heteroatoms. The van der Waals surface area contributed by atoms with E-state index in [4.69, 9.17) is 14.3 Å². The van der Waals surface area contributed by atoms with Gasteiger partial charge in [0.05, 0.1) is 12.7 Å². The summed E-state index contributed by atoms with van der Waals surface area (Å²) < 4.78 is 10.7. The van der Waals surface area contributed by atoms with E-state index < -0.39 is 18.2 Å². The molecule has 2 rings (SSSR count). The van der Waals surface area contributed by atoms with E-state index in [0.717, 1.165) is 5.76 Å². The van der Waals surface area contributed by atoms with Crippen molar-refractivity contribution in [2.24, 2.45) is 0 Å². The molecule has 7 nitrogen and oxygen atoms in total. The zero-order chi connectivity index (χ0) is 15.6. The first kappa shape index (κ1) is 15.5. The average Bonchev–Trinajstić information content (AvgIpc) is 3.04. The second kappa shape index (κ2) is 5.85. The van der Waals surface area contributed by atoms with E-state index in [0.29, 0.717) is 18.7 Å². The quantitative estimate of drug-likeness (QED) is 0.866. The lowest BCUT2D eigenvalue weighted by Crippen LogP contribution is -2.35. The maximum atomic E-state index is 11.9. The van der Waals surface area contributed by atoms with Gasteiger partial charge in [-0.1, -0.05) is 20.8 Å². The fourth-order valence-corrected chi connectivity index (χ4v) is 2.03. The molecule has 0 bridgehead atoms. The van der Waals surface area contributed by atoms with Gasteiger partial charge in [0.1, 0.15) is 11.9 Å². The predicted octanol–water partition coefficient (Wildman–Crippen LogP) is 1.22. The number of ether oxygens (including phenoxy) is 1. The summed E-state index contributed by atoms with van der Waals surface area (Å²) in [4.78, 5) is 26.8. The molecule has 1 aliphatic heterocycles. The number of carbonyl (C=O) groups excluding carboxylic acids is 1. The van der Waals surface area contributed by atoms with E-state index in [1.165, 1.54) is 0 Å². The third-order valence-corrected chi connectivity index (χ3v) is 3.29. The van der Waals surface area contributed by atoms with E-state index >= 15 is 0 Å². The maximum absolute atomic E-state index is 11.9. The Bertz CT molecular complexity index is 532. The minimum Gasteiger partial charge on any atom is -0.479 e. The number of rotatable bonds is 4. The van der Waals surface area contributed by atoms with E-state index in [-0.39, 0.29) is 17.9 Å². The van der Waals surface area contributed by atoms with Crippen molar-refractivity contribution in [3.05, 3.63) is 17.8 Å². The van der Waals surface area contributed by atoms with Crippen molar-refractivity contribution in [3.8, 4) is 0 Å². The lowest BCUT2D eigenvalue weighted by atomic mass is 9.94. The summed E-state index contributed by atoms with van der Waals surface area (Å²) in [6.45, 7) is 6.18. The van der Waals surface area contributed by atoms with Crippen LogP contribution < -0.4 is 5.32 Å². The van der Waals surface area contributed by atoms with Gasteiger partial charge in [-0.25, -0.2) is 9.78 Å². The van der Waals surface area contributed by atoms with Gasteiger partial charge in [-0.2, -0.15) is 0 Å². The lowest BCUT2D eigenvalue weighted by Gasteiger charge is -2.13. The minimum atomic E-state index is -1.03. The highest BCUT2D eigenvalue weighted by Gasteiger charge is 2.34. The molecule has 1 saturated heterocycles. The van der Waals surface area contributed by atoms with Gasteiger partial charge in [-0.15, -0.1) is 0 Å². The van der Waals surface area contributed by atoms with E-state index in [2.05, 4.69) is 10.3 Å². The molecular formula is C14H20N2O5. The van der Waals surface area contributed by atoms with Crippen LogP contribution in [-0.2, 0) is 26.3 Å². The summed E-state index contributed by atoms with van der Waals surface area (Å²) in [5.74, 6) is -0.210. The Kier molecular flexibility index (Phi) is 4.32. The highest BCUT2D eigenvalue weighted by Crippen LogP contribution is 2.23. The van der Waals surface area contributed by atoms with Crippen molar-refractivity contribution in [3.63, 3.8) is 0 Å². The van der Waals surface area contributed by atoms with Gasteiger partial charge < -0.3 is 19.6 Å². The molecule has 2 heterocycles. The number of nitrogens with one attached hydrogen (secondary N) is 1. The molecule has 0 unspecified atom stereocenters. The second-order valence-corrected chi connectivity index (χ2v) is 6.12. The van der Waals surface area contributed by atoms with Gasteiger partial charge in [-0.05, 0) is 12.8 Å². The smallest absolute Gasteiger partial charge is 0.332 e. The van der Waals surface area contributed by atoms with Crippen LogP contribution in [-0.4, -0.2) is 34.2 Å². The molecule has 1 aromatic heterocycles. The molecule has 2 atom stereocenters. The lowest BCUT2D eigenvalue weighted by molar-refractivity contribution is -0.151. The number of carboxylic acid groups (broad SMARTS) is 1. The molecule has 116 valence electrons. The topological polar surface area (TPSA) is 102 Å². The average molecular weight is 296 g/mol. The molecule has 2 N–H and O–H groups in total. The van der Waals surface area contributed by atoms with Crippen LogP contribution in [0.3, 0.4) is 0 Å². The number of aromatic nitrogens is 1. The van der Waals surface area contributed by atoms with Crippen LogP contribution in [0.4, 0.5) is 0 Å². The summed E-state index contributed by atoms with van der Waals surface area (Å²) in [6.07, 6.45) is 0.786. The van der Waals surface area contributed by atoms with Crippen LogP contribution in [0, 0.1) is 0 Å². The summed E-state index contributed by atoms with van der Waals surface area (Å²) in [6, 6.07) is 0. The zero-order valence-corrected chi connectivity index (χ0v) is 12.4. The molecule has 0 radical (unpaired) electrons. The Morgan fingerprint density at radius 3 is 2.57 bits per heavy atom. The molecule has 1 fully saturated rings. The van der Waals surface area contributed by atoms with Crippen molar-refractivity contribution in [1.82, 2.24) is 10.3 Å². The van der Waals surface area contributed by atoms with Crippen LogP contribution in [0.25, 0.3) is 0 Å². The zero-order valence-electron chi connectivity index (χ0n) is 12.4. The minimum absolute atomic E-state index is 0.140. The number of oxazole rings is 1. The van der Waals surface area contributed by atoms with E-state index in [9.17, 15) is 9.59 Å². The summed E-state index contributed by atoms with van der Waals surface area (Å²) >= 11 is 0. The van der Waals surface area contributed by atoms with Gasteiger partial charge in [0.25, 0.3) is 0 Å². The van der Waals surface area contributed by atoms with Crippen LogP contribution in [0.15, 0.2) is 10.6 Å². The largest absolute Gasteiger partial charge is 0.479 e. The van der Waals surface area contributed by atoms with Gasteiger partial charge in [0.2, 0.25) is 11.8 Å². The standard InChI is InChI=1S/C14H20N2O5/c1-14(2,3)10-6-15-11(21-10)7-16-12(17)8-4-5-9(20-8)13(18)19/h6,8-9H,4-5,7H2,1-3H3,(H,16,17)(H,18,19)/t8-,9+/m0/s1. The fourth-order valence-electron chi connectivity index (χ4n) is 2.03. The number of hydrogen-bond donors (Lipinski definition) is 2. The summed E-state index contributed by atoms with van der Waals surface area (Å²) in [5.41, 5.74) is -0.140. The molecular weight excluding hydrogens is 276 g/mol. The Hall–Kier alpha value is -1.89. The van der Waals surface area contributed by atoms with Crippen LogP contribution in [0.2, 0.25) is 0 Å². The van der Waals surface area contributed by atoms with Gasteiger partial charge in [0, 0.05) is 5.41 Å². The molecule has 1 aliphatic rings. The Labute approximate surface area is 122 Å². The summed E-state index contributed by atoms with van der Waals surface area (Å²) in [7, 11) is 0. The molecule has 21 heavy (non-hydrogen) atoms. The van der Waals surface area contributed by atoms with Gasteiger partial charge in [0.15, 0.2) is 6.10 Å². The van der Waals surface area contributed by atoms with Crippen molar-refractivity contribution in [2.75, 3.05) is 0 Å². The van der Waals surface area contributed by atoms with Crippen molar-refractivity contribution >= 4 is 11.9 Å². The number of nitrogens with zero attached hydrogens (tertiary/aromatic N) is 1. The number of carboxylic acids is 1. The van der Waals surface area contributed by atoms with Crippen molar-refractivity contribution in [2.45, 2.75) is 57.8 Å². The SMILES string of the molecule is CC(C)(C)c1cnc(CNC(=O)[C@@H]2CC[C@H](C(=O)O)O2)o1. The molecule has 0 aromatic carbocycles. The van der Waals surface area contributed by atoms with Crippen LogP contribution in [0.1, 0.15) is 45.3 Å². The second-order valence-electron chi connectivity index (χ2n) is 6.12. The number of aliphatic carboxylic acids is 1. The van der Waals surface area contributed by atoms with E-state index in [1.807, 2.05) is 20.8 Å². The van der Waals surface area contributed by atoms with Crippen LogP contribution in [0.5, 0.6) is 0 Å². The number of hydrogen-bond acceptors (Lipinski definition) is 5. The first-order valence-corrected chi connectivity index (χ1v) is 6.88. The molecule has 0 spiro atoms. The maximum Gasteiger partial charge on any atom is 0.332 e. The molecule has 1 amide bonds.